The predicted octanol–water partition coefficient (Wildman–Crippen LogP) is 4.38. The fourth-order valence-electron chi connectivity index (χ4n) is 2.42. The third-order valence-corrected chi connectivity index (χ3v) is 3.63. The first-order chi connectivity index (χ1) is 12.3. The van der Waals surface area contributed by atoms with Gasteiger partial charge in [-0.15, -0.1) is 5.10 Å². The number of aromatic nitrogens is 2. The van der Waals surface area contributed by atoms with E-state index in [1.165, 1.54) is 4.90 Å². The van der Waals surface area contributed by atoms with E-state index < -0.39 is 11.7 Å². The minimum atomic E-state index is -0.594. The number of carbonyl (C=O) groups excluding carboxylic acids is 1. The van der Waals surface area contributed by atoms with Gasteiger partial charge in [-0.25, -0.2) is 4.79 Å². The molecule has 0 fully saturated rings. The first-order valence-electron chi connectivity index (χ1n) is 8.77. The molecule has 2 rings (SSSR count). The van der Waals surface area contributed by atoms with E-state index in [4.69, 9.17) is 9.47 Å². The Morgan fingerprint density at radius 2 is 1.85 bits per heavy atom. The highest BCUT2D eigenvalue weighted by Crippen LogP contribution is 2.21. The van der Waals surface area contributed by atoms with E-state index in [2.05, 4.69) is 17.1 Å². The molecule has 0 saturated carbocycles. The van der Waals surface area contributed by atoms with Crippen molar-refractivity contribution in [2.75, 3.05) is 12.0 Å². The van der Waals surface area contributed by atoms with Gasteiger partial charge in [0.05, 0.1) is 19.9 Å². The van der Waals surface area contributed by atoms with Crippen LogP contribution in [-0.2, 0) is 17.7 Å². The molecular formula is C20H27N3O3. The second kappa shape index (κ2) is 8.65. The maximum atomic E-state index is 12.8. The van der Waals surface area contributed by atoms with Crippen LogP contribution in [0.1, 0.15) is 45.2 Å². The van der Waals surface area contributed by atoms with E-state index in [-0.39, 0.29) is 0 Å². The molecule has 6 nitrogen and oxygen atoms in total. The van der Waals surface area contributed by atoms with Crippen molar-refractivity contribution in [1.82, 2.24) is 10.2 Å². The van der Waals surface area contributed by atoms with E-state index in [9.17, 15) is 4.79 Å². The molecule has 0 atom stereocenters. The lowest BCUT2D eigenvalue weighted by Gasteiger charge is -2.26. The average Bonchev–Trinajstić information content (AvgIpc) is 2.59. The van der Waals surface area contributed by atoms with Gasteiger partial charge < -0.3 is 9.47 Å². The normalized spacial score (nSPS) is 11.1. The minimum Gasteiger partial charge on any atom is -0.497 e. The topological polar surface area (TPSA) is 64.5 Å². The van der Waals surface area contributed by atoms with E-state index in [0.29, 0.717) is 12.4 Å². The maximum absolute atomic E-state index is 12.8. The van der Waals surface area contributed by atoms with Crippen molar-refractivity contribution in [2.45, 2.75) is 52.7 Å². The van der Waals surface area contributed by atoms with Crippen molar-refractivity contribution in [3.05, 3.63) is 47.7 Å². The number of amides is 1. The molecule has 0 unspecified atom stereocenters. The Morgan fingerprint density at radius 1 is 1.15 bits per heavy atom. The number of anilines is 1. The quantitative estimate of drug-likeness (QED) is 0.767. The van der Waals surface area contributed by atoms with Gasteiger partial charge in [-0.1, -0.05) is 25.5 Å². The lowest BCUT2D eigenvalue weighted by Crippen LogP contribution is -2.37. The molecule has 1 aromatic heterocycles. The number of benzene rings is 1. The van der Waals surface area contributed by atoms with E-state index in [1.807, 2.05) is 51.1 Å². The fraction of sp³-hybridized carbons (Fsp3) is 0.450. The lowest BCUT2D eigenvalue weighted by atomic mass is 10.1. The van der Waals surface area contributed by atoms with Gasteiger partial charge in [0.1, 0.15) is 11.4 Å². The number of aryl methyl sites for hydroxylation is 1. The van der Waals surface area contributed by atoms with Crippen molar-refractivity contribution >= 4 is 11.9 Å². The summed E-state index contributed by atoms with van der Waals surface area (Å²) in [7, 11) is 1.62. The van der Waals surface area contributed by atoms with Crippen LogP contribution in [0.3, 0.4) is 0 Å². The SMILES string of the molecule is CCCc1cnnc(N(Cc2ccc(OC)cc2)C(=O)OC(C)(C)C)c1. The average molecular weight is 357 g/mol. The molecule has 1 aromatic carbocycles. The molecule has 0 aliphatic carbocycles. The van der Waals surface area contributed by atoms with Crippen LogP contribution in [0.25, 0.3) is 0 Å². The summed E-state index contributed by atoms with van der Waals surface area (Å²) >= 11 is 0. The molecule has 0 aliphatic heterocycles. The van der Waals surface area contributed by atoms with Crippen molar-refractivity contribution < 1.29 is 14.3 Å². The summed E-state index contributed by atoms with van der Waals surface area (Å²) in [5.74, 6) is 1.25. The second-order valence-electron chi connectivity index (χ2n) is 7.09. The van der Waals surface area contributed by atoms with Crippen LogP contribution in [0.4, 0.5) is 10.6 Å². The molecule has 0 bridgehead atoms. The Balaban J connectivity index is 2.31. The van der Waals surface area contributed by atoms with Crippen LogP contribution in [0.15, 0.2) is 36.5 Å². The van der Waals surface area contributed by atoms with Crippen LogP contribution in [0, 0.1) is 0 Å². The molecule has 0 spiro atoms. The lowest BCUT2D eigenvalue weighted by molar-refractivity contribution is 0.0576. The molecule has 6 heteroatoms. The predicted molar refractivity (Wildman–Crippen MR) is 101 cm³/mol. The minimum absolute atomic E-state index is 0.336. The van der Waals surface area contributed by atoms with Crippen LogP contribution in [-0.4, -0.2) is 29.0 Å². The zero-order valence-electron chi connectivity index (χ0n) is 16.2. The van der Waals surface area contributed by atoms with Gasteiger partial charge in [0.25, 0.3) is 0 Å². The summed E-state index contributed by atoms with van der Waals surface area (Å²) in [5, 5.41) is 8.21. The van der Waals surface area contributed by atoms with Gasteiger partial charge in [-0.3, -0.25) is 4.90 Å². The highest BCUT2D eigenvalue weighted by molar-refractivity contribution is 5.86. The summed E-state index contributed by atoms with van der Waals surface area (Å²) in [4.78, 5) is 14.3. The largest absolute Gasteiger partial charge is 0.497 e. The molecule has 26 heavy (non-hydrogen) atoms. The van der Waals surface area contributed by atoms with Crippen LogP contribution >= 0.6 is 0 Å². The molecule has 0 aliphatic rings. The number of rotatable bonds is 6. The maximum Gasteiger partial charge on any atom is 0.416 e. The fourth-order valence-corrected chi connectivity index (χ4v) is 2.42. The molecule has 0 N–H and O–H groups in total. The summed E-state index contributed by atoms with van der Waals surface area (Å²) < 4.78 is 10.8. The first kappa shape index (κ1) is 19.7. The smallest absolute Gasteiger partial charge is 0.416 e. The number of ether oxygens (including phenoxy) is 2. The highest BCUT2D eigenvalue weighted by Gasteiger charge is 2.25. The van der Waals surface area contributed by atoms with Crippen molar-refractivity contribution in [2.24, 2.45) is 0 Å². The third-order valence-electron chi connectivity index (χ3n) is 3.63. The molecule has 140 valence electrons. The standard InChI is InChI=1S/C20H27N3O3/c1-6-7-16-12-18(22-21-13-16)23(19(24)26-20(2,3)4)14-15-8-10-17(25-5)11-9-15/h8-13H,6-7,14H2,1-5H3. The Bertz CT molecular complexity index is 724. The monoisotopic (exact) mass is 357 g/mol. The summed E-state index contributed by atoms with van der Waals surface area (Å²) in [5.41, 5.74) is 1.39. The van der Waals surface area contributed by atoms with Crippen LogP contribution < -0.4 is 9.64 Å². The highest BCUT2D eigenvalue weighted by atomic mass is 16.6. The van der Waals surface area contributed by atoms with Gasteiger partial charge in [-0.05, 0) is 56.5 Å². The van der Waals surface area contributed by atoms with Crippen LogP contribution in [0.2, 0.25) is 0 Å². The van der Waals surface area contributed by atoms with Crippen molar-refractivity contribution in [3.63, 3.8) is 0 Å². The van der Waals surface area contributed by atoms with E-state index >= 15 is 0 Å². The Labute approximate surface area is 155 Å². The van der Waals surface area contributed by atoms with Gasteiger partial charge in [0.2, 0.25) is 0 Å². The zero-order valence-corrected chi connectivity index (χ0v) is 16.2. The van der Waals surface area contributed by atoms with Gasteiger partial charge >= 0.3 is 6.09 Å². The Hall–Kier alpha value is -2.63. The number of hydrogen-bond acceptors (Lipinski definition) is 5. The Morgan fingerprint density at radius 3 is 2.42 bits per heavy atom. The van der Waals surface area contributed by atoms with Crippen LogP contribution in [0.5, 0.6) is 5.75 Å². The third kappa shape index (κ3) is 5.72. The van der Waals surface area contributed by atoms with Gasteiger partial charge in [-0.2, -0.15) is 5.10 Å². The summed E-state index contributed by atoms with van der Waals surface area (Å²) in [6.45, 7) is 7.97. The molecule has 1 amide bonds. The number of carbonyl (C=O) groups is 1. The van der Waals surface area contributed by atoms with Crippen molar-refractivity contribution in [1.29, 1.82) is 0 Å². The molecular weight excluding hydrogens is 330 g/mol. The molecule has 0 radical (unpaired) electrons. The molecule has 2 aromatic rings. The Kier molecular flexibility index (Phi) is 6.55. The second-order valence-corrected chi connectivity index (χ2v) is 7.09. The summed E-state index contributed by atoms with van der Waals surface area (Å²) in [6.07, 6.45) is 3.16. The van der Waals surface area contributed by atoms with E-state index in [1.54, 1.807) is 13.3 Å². The van der Waals surface area contributed by atoms with Gasteiger partial charge in [0.15, 0.2) is 5.82 Å². The molecule has 0 saturated heterocycles. The zero-order chi connectivity index (χ0) is 19.2. The van der Waals surface area contributed by atoms with E-state index in [0.717, 1.165) is 29.7 Å². The number of nitrogens with zero attached hydrogens (tertiary/aromatic N) is 3. The van der Waals surface area contributed by atoms with Gasteiger partial charge in [0, 0.05) is 0 Å². The van der Waals surface area contributed by atoms with Crippen molar-refractivity contribution in [3.8, 4) is 5.75 Å². The number of methoxy groups -OCH3 is 1. The number of hydrogen-bond donors (Lipinski definition) is 0. The summed E-state index contributed by atoms with van der Waals surface area (Å²) in [6, 6.07) is 9.45. The molecule has 1 heterocycles. The first-order valence-corrected chi connectivity index (χ1v) is 8.77.